The van der Waals surface area contributed by atoms with Gasteiger partial charge >= 0.3 is 0 Å². The third-order valence-corrected chi connectivity index (χ3v) is 2.61. The van der Waals surface area contributed by atoms with Gasteiger partial charge in [0.15, 0.2) is 5.78 Å². The van der Waals surface area contributed by atoms with E-state index >= 15 is 0 Å². The first-order valence-electron chi connectivity index (χ1n) is 5.84. The van der Waals surface area contributed by atoms with Crippen molar-refractivity contribution in [3.8, 4) is 5.75 Å². The Balaban J connectivity index is 2.34. The van der Waals surface area contributed by atoms with Crippen LogP contribution in [-0.2, 0) is 0 Å². The second kappa shape index (κ2) is 5.36. The first kappa shape index (κ1) is 12.2. The lowest BCUT2D eigenvalue weighted by Crippen LogP contribution is -2.05. The van der Waals surface area contributed by atoms with Crippen LogP contribution in [0.4, 0.5) is 5.69 Å². The van der Waals surface area contributed by atoms with Crippen molar-refractivity contribution in [3.63, 3.8) is 0 Å². The molecule has 0 fully saturated rings. The molecule has 0 spiro atoms. The van der Waals surface area contributed by atoms with Gasteiger partial charge in [-0.1, -0.05) is 24.3 Å². The van der Waals surface area contributed by atoms with E-state index in [0.717, 1.165) is 0 Å². The Bertz CT molecular complexity index is 564. The number of para-hydroxylation sites is 1. The highest BCUT2D eigenvalue weighted by Crippen LogP contribution is 2.19. The molecule has 0 aliphatic rings. The van der Waals surface area contributed by atoms with Crippen LogP contribution in [0.5, 0.6) is 5.75 Å². The summed E-state index contributed by atoms with van der Waals surface area (Å²) in [4.78, 5) is 12.3. The summed E-state index contributed by atoms with van der Waals surface area (Å²) in [7, 11) is 0. The fourth-order valence-corrected chi connectivity index (χ4v) is 1.75. The van der Waals surface area contributed by atoms with E-state index in [1.54, 1.807) is 36.4 Å². The molecule has 0 bridgehead atoms. The van der Waals surface area contributed by atoms with Crippen molar-refractivity contribution in [2.45, 2.75) is 6.92 Å². The number of carbonyl (C=O) groups excluding carboxylic acids is 1. The third-order valence-electron chi connectivity index (χ3n) is 2.61. The van der Waals surface area contributed by atoms with Crippen molar-refractivity contribution in [1.29, 1.82) is 0 Å². The van der Waals surface area contributed by atoms with E-state index in [4.69, 9.17) is 10.5 Å². The van der Waals surface area contributed by atoms with Crippen LogP contribution in [0, 0.1) is 0 Å². The zero-order valence-electron chi connectivity index (χ0n) is 10.2. The molecular weight excluding hydrogens is 226 g/mol. The molecule has 2 aromatic rings. The van der Waals surface area contributed by atoms with Gasteiger partial charge in [0.1, 0.15) is 5.75 Å². The number of rotatable bonds is 4. The van der Waals surface area contributed by atoms with Gasteiger partial charge in [-0.05, 0) is 31.2 Å². The molecule has 3 heteroatoms. The fraction of sp³-hybridized carbons (Fsp3) is 0.133. The lowest BCUT2D eigenvalue weighted by molar-refractivity contribution is 0.103. The van der Waals surface area contributed by atoms with Crippen LogP contribution in [0.25, 0.3) is 0 Å². The number of hydrogen-bond acceptors (Lipinski definition) is 3. The van der Waals surface area contributed by atoms with Crippen LogP contribution in [0.15, 0.2) is 48.5 Å². The Morgan fingerprint density at radius 1 is 1.17 bits per heavy atom. The number of anilines is 1. The topological polar surface area (TPSA) is 52.3 Å². The molecule has 0 aliphatic heterocycles. The first-order valence-corrected chi connectivity index (χ1v) is 5.84. The van der Waals surface area contributed by atoms with E-state index < -0.39 is 0 Å². The van der Waals surface area contributed by atoms with E-state index in [1.165, 1.54) is 0 Å². The van der Waals surface area contributed by atoms with Crippen LogP contribution in [-0.4, -0.2) is 12.4 Å². The minimum Gasteiger partial charge on any atom is -0.494 e. The molecule has 0 saturated carbocycles. The van der Waals surface area contributed by atoms with Crippen LogP contribution in [0.2, 0.25) is 0 Å². The van der Waals surface area contributed by atoms with Crippen molar-refractivity contribution >= 4 is 11.5 Å². The van der Waals surface area contributed by atoms with Gasteiger partial charge in [-0.15, -0.1) is 0 Å². The molecule has 0 radical (unpaired) electrons. The Kier molecular flexibility index (Phi) is 3.63. The lowest BCUT2D eigenvalue weighted by atomic mass is 10.0. The van der Waals surface area contributed by atoms with Gasteiger partial charge < -0.3 is 10.5 Å². The molecular formula is C15H15NO2. The average Bonchev–Trinajstić information content (AvgIpc) is 2.39. The van der Waals surface area contributed by atoms with Gasteiger partial charge in [0.25, 0.3) is 0 Å². The molecule has 0 heterocycles. The van der Waals surface area contributed by atoms with E-state index in [2.05, 4.69) is 0 Å². The molecule has 2 N–H and O–H groups in total. The molecule has 0 amide bonds. The normalized spacial score (nSPS) is 10.1. The van der Waals surface area contributed by atoms with Crippen LogP contribution in [0.1, 0.15) is 22.8 Å². The molecule has 3 nitrogen and oxygen atoms in total. The minimum absolute atomic E-state index is 0.0883. The summed E-state index contributed by atoms with van der Waals surface area (Å²) in [5, 5.41) is 0. The number of carbonyl (C=O) groups is 1. The van der Waals surface area contributed by atoms with Crippen molar-refractivity contribution in [2.75, 3.05) is 12.3 Å². The standard InChI is InChI=1S/C15H15NO2/c1-2-18-12-7-5-6-11(10-12)15(17)13-8-3-4-9-14(13)16/h3-10H,2,16H2,1H3. The maximum absolute atomic E-state index is 12.3. The summed E-state index contributed by atoms with van der Waals surface area (Å²) >= 11 is 0. The number of ether oxygens (including phenoxy) is 1. The quantitative estimate of drug-likeness (QED) is 0.661. The number of nitrogen functional groups attached to an aromatic ring is 1. The summed E-state index contributed by atoms with van der Waals surface area (Å²) in [5.41, 5.74) is 7.40. The van der Waals surface area contributed by atoms with Crippen molar-refractivity contribution < 1.29 is 9.53 Å². The molecule has 2 rings (SSSR count). The molecule has 18 heavy (non-hydrogen) atoms. The highest BCUT2D eigenvalue weighted by molar-refractivity contribution is 6.12. The van der Waals surface area contributed by atoms with Crippen molar-refractivity contribution in [3.05, 3.63) is 59.7 Å². The monoisotopic (exact) mass is 241 g/mol. The third kappa shape index (κ3) is 2.51. The van der Waals surface area contributed by atoms with Gasteiger partial charge in [0.05, 0.1) is 6.61 Å². The van der Waals surface area contributed by atoms with Gasteiger partial charge in [-0.3, -0.25) is 4.79 Å². The molecule has 0 aliphatic carbocycles. The molecule has 0 saturated heterocycles. The average molecular weight is 241 g/mol. The Morgan fingerprint density at radius 3 is 2.67 bits per heavy atom. The maximum atomic E-state index is 12.3. The summed E-state index contributed by atoms with van der Waals surface area (Å²) in [5.74, 6) is 0.604. The zero-order valence-corrected chi connectivity index (χ0v) is 10.2. The number of nitrogens with two attached hydrogens (primary N) is 1. The van der Waals surface area contributed by atoms with E-state index in [-0.39, 0.29) is 5.78 Å². The number of ketones is 1. The van der Waals surface area contributed by atoms with E-state index in [0.29, 0.717) is 29.2 Å². The smallest absolute Gasteiger partial charge is 0.195 e. The molecule has 92 valence electrons. The minimum atomic E-state index is -0.0883. The fourth-order valence-electron chi connectivity index (χ4n) is 1.75. The second-order valence-corrected chi connectivity index (χ2v) is 3.88. The Labute approximate surface area is 106 Å². The van der Waals surface area contributed by atoms with Crippen LogP contribution in [0.3, 0.4) is 0 Å². The predicted molar refractivity (Wildman–Crippen MR) is 71.9 cm³/mol. The summed E-state index contributed by atoms with van der Waals surface area (Å²) in [6.07, 6.45) is 0. The zero-order chi connectivity index (χ0) is 13.0. The first-order chi connectivity index (χ1) is 8.72. The SMILES string of the molecule is CCOc1cccc(C(=O)c2ccccc2N)c1. The van der Waals surface area contributed by atoms with E-state index in [1.807, 2.05) is 19.1 Å². The number of hydrogen-bond donors (Lipinski definition) is 1. The summed E-state index contributed by atoms with van der Waals surface area (Å²) in [6, 6.07) is 14.2. The Morgan fingerprint density at radius 2 is 1.94 bits per heavy atom. The van der Waals surface area contributed by atoms with Gasteiger partial charge in [0.2, 0.25) is 0 Å². The van der Waals surface area contributed by atoms with Gasteiger partial charge in [-0.2, -0.15) is 0 Å². The molecule has 2 aromatic carbocycles. The highest BCUT2D eigenvalue weighted by atomic mass is 16.5. The predicted octanol–water partition coefficient (Wildman–Crippen LogP) is 2.90. The number of benzene rings is 2. The van der Waals surface area contributed by atoms with Crippen molar-refractivity contribution in [1.82, 2.24) is 0 Å². The van der Waals surface area contributed by atoms with Gasteiger partial charge in [-0.25, -0.2) is 0 Å². The maximum Gasteiger partial charge on any atom is 0.195 e. The molecule has 0 unspecified atom stereocenters. The Hall–Kier alpha value is -2.29. The summed E-state index contributed by atoms with van der Waals surface area (Å²) < 4.78 is 5.38. The van der Waals surface area contributed by atoms with Gasteiger partial charge in [0, 0.05) is 16.8 Å². The van der Waals surface area contributed by atoms with E-state index in [9.17, 15) is 4.79 Å². The molecule has 0 atom stereocenters. The second-order valence-electron chi connectivity index (χ2n) is 3.88. The summed E-state index contributed by atoms with van der Waals surface area (Å²) in [6.45, 7) is 2.48. The lowest BCUT2D eigenvalue weighted by Gasteiger charge is -2.07. The molecule has 0 aromatic heterocycles. The van der Waals surface area contributed by atoms with Crippen LogP contribution < -0.4 is 10.5 Å². The largest absolute Gasteiger partial charge is 0.494 e. The van der Waals surface area contributed by atoms with Crippen molar-refractivity contribution in [2.24, 2.45) is 0 Å². The highest BCUT2D eigenvalue weighted by Gasteiger charge is 2.12. The van der Waals surface area contributed by atoms with Crippen LogP contribution >= 0.6 is 0 Å².